The number of rotatable bonds is 2. The highest BCUT2D eigenvalue weighted by molar-refractivity contribution is 5.80. The maximum absolute atomic E-state index is 10.8. The molecule has 1 heterocycles. The van der Waals surface area contributed by atoms with Crippen molar-refractivity contribution in [3.8, 4) is 5.75 Å². The van der Waals surface area contributed by atoms with Crippen molar-refractivity contribution in [3.05, 3.63) is 28.8 Å². The molecule has 0 aliphatic carbocycles. The van der Waals surface area contributed by atoms with Gasteiger partial charge < -0.3 is 15.7 Å². The number of hydrogen-bond donors (Lipinski definition) is 3. The third-order valence-corrected chi connectivity index (χ3v) is 2.86. The van der Waals surface area contributed by atoms with E-state index < -0.39 is 0 Å². The summed E-state index contributed by atoms with van der Waals surface area (Å²) in [5.41, 5.74) is 2.15. The summed E-state index contributed by atoms with van der Waals surface area (Å²) in [6, 6.07) is 3.70. The van der Waals surface area contributed by atoms with Gasteiger partial charge in [-0.05, 0) is 18.6 Å². The standard InChI is InChI=1S/C12H16N2O2/c1-8-4-9(7-15)12(16)10(5-8)11-6-13-2-3-14-11/h4-5,7,11,13-14,16H,2-3,6H2,1H3. The van der Waals surface area contributed by atoms with Gasteiger partial charge in [-0.15, -0.1) is 0 Å². The summed E-state index contributed by atoms with van der Waals surface area (Å²) in [6.07, 6.45) is 0.697. The number of benzene rings is 1. The molecule has 1 atom stereocenters. The zero-order valence-electron chi connectivity index (χ0n) is 9.29. The Morgan fingerprint density at radius 3 is 2.88 bits per heavy atom. The van der Waals surface area contributed by atoms with Crippen LogP contribution in [0.5, 0.6) is 5.75 Å². The molecule has 16 heavy (non-hydrogen) atoms. The Balaban J connectivity index is 2.38. The minimum absolute atomic E-state index is 0.0762. The quantitative estimate of drug-likeness (QED) is 0.644. The summed E-state index contributed by atoms with van der Waals surface area (Å²) in [5.74, 6) is 0.0989. The summed E-state index contributed by atoms with van der Waals surface area (Å²) >= 11 is 0. The van der Waals surface area contributed by atoms with Crippen LogP contribution in [-0.2, 0) is 0 Å². The third kappa shape index (κ3) is 2.08. The van der Waals surface area contributed by atoms with Gasteiger partial charge in [0.05, 0.1) is 5.56 Å². The van der Waals surface area contributed by atoms with Crippen LogP contribution in [0.4, 0.5) is 0 Å². The lowest BCUT2D eigenvalue weighted by Crippen LogP contribution is -2.42. The summed E-state index contributed by atoms with van der Waals surface area (Å²) in [5, 5.41) is 16.5. The van der Waals surface area contributed by atoms with Gasteiger partial charge in [0, 0.05) is 31.2 Å². The van der Waals surface area contributed by atoms with Crippen molar-refractivity contribution in [1.82, 2.24) is 10.6 Å². The summed E-state index contributed by atoms with van der Waals surface area (Å²) < 4.78 is 0. The number of aryl methyl sites for hydroxylation is 1. The average molecular weight is 220 g/mol. The molecule has 1 unspecified atom stereocenters. The fourth-order valence-corrected chi connectivity index (χ4v) is 2.06. The van der Waals surface area contributed by atoms with Gasteiger partial charge in [0.1, 0.15) is 5.75 Å². The zero-order chi connectivity index (χ0) is 11.5. The van der Waals surface area contributed by atoms with Crippen LogP contribution >= 0.6 is 0 Å². The van der Waals surface area contributed by atoms with Crippen molar-refractivity contribution in [2.45, 2.75) is 13.0 Å². The Labute approximate surface area is 94.7 Å². The summed E-state index contributed by atoms with van der Waals surface area (Å²) in [7, 11) is 0. The monoisotopic (exact) mass is 220 g/mol. The molecule has 1 saturated heterocycles. The number of aldehydes is 1. The maximum Gasteiger partial charge on any atom is 0.153 e. The molecule has 86 valence electrons. The van der Waals surface area contributed by atoms with Crippen molar-refractivity contribution in [2.24, 2.45) is 0 Å². The highest BCUT2D eigenvalue weighted by Gasteiger charge is 2.19. The molecular weight excluding hydrogens is 204 g/mol. The minimum Gasteiger partial charge on any atom is -0.507 e. The molecule has 1 aliphatic rings. The Morgan fingerprint density at radius 2 is 2.25 bits per heavy atom. The SMILES string of the molecule is Cc1cc(C=O)c(O)c(C2CNCCN2)c1. The van der Waals surface area contributed by atoms with Crippen LogP contribution in [0.15, 0.2) is 12.1 Å². The minimum atomic E-state index is 0.0762. The number of phenolic OH excluding ortho intramolecular Hbond substituents is 1. The topological polar surface area (TPSA) is 61.4 Å². The fraction of sp³-hybridized carbons (Fsp3) is 0.417. The van der Waals surface area contributed by atoms with E-state index in [0.717, 1.165) is 30.8 Å². The zero-order valence-corrected chi connectivity index (χ0v) is 9.29. The third-order valence-electron chi connectivity index (χ3n) is 2.86. The molecule has 0 amide bonds. The molecule has 4 nitrogen and oxygen atoms in total. The first-order chi connectivity index (χ1) is 7.72. The molecule has 4 heteroatoms. The molecule has 0 aromatic heterocycles. The molecule has 0 radical (unpaired) electrons. The van der Waals surface area contributed by atoms with E-state index in [2.05, 4.69) is 10.6 Å². The van der Waals surface area contributed by atoms with Crippen LogP contribution in [0.2, 0.25) is 0 Å². The Morgan fingerprint density at radius 1 is 1.44 bits per heavy atom. The largest absolute Gasteiger partial charge is 0.507 e. The van der Waals surface area contributed by atoms with E-state index in [1.165, 1.54) is 0 Å². The van der Waals surface area contributed by atoms with E-state index in [-0.39, 0.29) is 11.8 Å². The molecule has 1 fully saturated rings. The summed E-state index contributed by atoms with van der Waals surface area (Å²) in [6.45, 7) is 4.50. The lowest BCUT2D eigenvalue weighted by Gasteiger charge is -2.26. The van der Waals surface area contributed by atoms with Gasteiger partial charge in [-0.25, -0.2) is 0 Å². The van der Waals surface area contributed by atoms with Crippen LogP contribution in [0, 0.1) is 6.92 Å². The van der Waals surface area contributed by atoms with Crippen molar-refractivity contribution in [1.29, 1.82) is 0 Å². The first-order valence-corrected chi connectivity index (χ1v) is 5.45. The van der Waals surface area contributed by atoms with E-state index >= 15 is 0 Å². The molecule has 3 N–H and O–H groups in total. The predicted molar refractivity (Wildman–Crippen MR) is 61.8 cm³/mol. The second-order valence-electron chi connectivity index (χ2n) is 4.12. The number of aromatic hydroxyl groups is 1. The van der Waals surface area contributed by atoms with Gasteiger partial charge in [-0.3, -0.25) is 4.79 Å². The Kier molecular flexibility index (Phi) is 3.22. The van der Waals surface area contributed by atoms with Crippen LogP contribution < -0.4 is 10.6 Å². The van der Waals surface area contributed by atoms with Crippen molar-refractivity contribution in [3.63, 3.8) is 0 Å². The molecule has 1 aromatic rings. The number of phenols is 1. The Hall–Kier alpha value is -1.39. The van der Waals surface area contributed by atoms with E-state index in [1.54, 1.807) is 6.07 Å². The molecule has 0 spiro atoms. The van der Waals surface area contributed by atoms with Crippen molar-refractivity contribution >= 4 is 6.29 Å². The van der Waals surface area contributed by atoms with E-state index in [0.29, 0.717) is 11.8 Å². The highest BCUT2D eigenvalue weighted by Crippen LogP contribution is 2.29. The fourth-order valence-electron chi connectivity index (χ4n) is 2.06. The molecule has 2 rings (SSSR count). The molecule has 1 aliphatic heterocycles. The van der Waals surface area contributed by atoms with E-state index in [1.807, 2.05) is 13.0 Å². The van der Waals surface area contributed by atoms with Crippen LogP contribution in [-0.4, -0.2) is 31.0 Å². The van der Waals surface area contributed by atoms with Gasteiger partial charge in [-0.1, -0.05) is 6.07 Å². The average Bonchev–Trinajstić information content (AvgIpc) is 2.33. The Bertz CT molecular complexity index is 398. The smallest absolute Gasteiger partial charge is 0.153 e. The lowest BCUT2D eigenvalue weighted by molar-refractivity contribution is 0.112. The molecule has 0 bridgehead atoms. The number of nitrogens with one attached hydrogen (secondary N) is 2. The van der Waals surface area contributed by atoms with Gasteiger partial charge in [-0.2, -0.15) is 0 Å². The van der Waals surface area contributed by atoms with Crippen LogP contribution in [0.3, 0.4) is 0 Å². The van der Waals surface area contributed by atoms with Gasteiger partial charge in [0.25, 0.3) is 0 Å². The number of carbonyl (C=O) groups excluding carboxylic acids is 1. The van der Waals surface area contributed by atoms with Crippen molar-refractivity contribution in [2.75, 3.05) is 19.6 Å². The predicted octanol–water partition coefficient (Wildman–Crippen LogP) is 0.747. The molecule has 1 aromatic carbocycles. The van der Waals surface area contributed by atoms with E-state index in [9.17, 15) is 9.90 Å². The van der Waals surface area contributed by atoms with Gasteiger partial charge in [0.15, 0.2) is 6.29 Å². The lowest BCUT2D eigenvalue weighted by atomic mass is 9.98. The molecule has 0 saturated carbocycles. The van der Waals surface area contributed by atoms with Crippen LogP contribution in [0.25, 0.3) is 0 Å². The first-order valence-electron chi connectivity index (χ1n) is 5.45. The van der Waals surface area contributed by atoms with E-state index in [4.69, 9.17) is 0 Å². The van der Waals surface area contributed by atoms with Crippen LogP contribution in [0.1, 0.15) is 27.5 Å². The first kappa shape index (κ1) is 11.1. The number of piperazine rings is 1. The second-order valence-corrected chi connectivity index (χ2v) is 4.12. The van der Waals surface area contributed by atoms with Gasteiger partial charge >= 0.3 is 0 Å². The normalized spacial score (nSPS) is 20.7. The number of hydrogen-bond acceptors (Lipinski definition) is 4. The van der Waals surface area contributed by atoms with Gasteiger partial charge in [0.2, 0.25) is 0 Å². The second kappa shape index (κ2) is 4.63. The number of carbonyl (C=O) groups is 1. The molecular formula is C12H16N2O2. The van der Waals surface area contributed by atoms with Crippen molar-refractivity contribution < 1.29 is 9.90 Å². The maximum atomic E-state index is 10.8. The highest BCUT2D eigenvalue weighted by atomic mass is 16.3. The summed E-state index contributed by atoms with van der Waals surface area (Å²) in [4.78, 5) is 10.8.